The van der Waals surface area contributed by atoms with Crippen LogP contribution in [0.25, 0.3) is 0 Å². The van der Waals surface area contributed by atoms with Gasteiger partial charge in [0.15, 0.2) is 10.9 Å². The first-order valence-electron chi connectivity index (χ1n) is 9.93. The van der Waals surface area contributed by atoms with Crippen LogP contribution in [0.15, 0.2) is 46.1 Å². The summed E-state index contributed by atoms with van der Waals surface area (Å²) in [6.07, 6.45) is 0. The van der Waals surface area contributed by atoms with Crippen LogP contribution < -0.4 is 10.6 Å². The highest BCUT2D eigenvalue weighted by atomic mass is 32.1. The lowest BCUT2D eigenvalue weighted by atomic mass is 9.93. The Morgan fingerprint density at radius 1 is 1.29 bits per heavy atom. The highest BCUT2D eigenvalue weighted by Gasteiger charge is 2.34. The Labute approximate surface area is 186 Å². The SMILES string of the molecule is COC(=O)c1ccc([C@H]2NC(=S)N(CC(C)C)C(C)=C2C(=O)Nc2cc(C)on2)cc1. The van der Waals surface area contributed by atoms with E-state index >= 15 is 0 Å². The second-order valence-electron chi connectivity index (χ2n) is 7.78. The molecule has 8 nitrogen and oxygen atoms in total. The number of benzene rings is 1. The maximum absolute atomic E-state index is 13.3. The molecular formula is C22H26N4O4S. The Balaban J connectivity index is 2.01. The minimum Gasteiger partial charge on any atom is -0.465 e. The molecule has 0 spiro atoms. The van der Waals surface area contributed by atoms with Gasteiger partial charge in [-0.3, -0.25) is 4.79 Å². The molecule has 2 heterocycles. The molecule has 0 aliphatic carbocycles. The molecule has 1 aromatic heterocycles. The molecule has 1 aliphatic rings. The Morgan fingerprint density at radius 3 is 2.52 bits per heavy atom. The van der Waals surface area contributed by atoms with Crippen molar-refractivity contribution in [1.29, 1.82) is 0 Å². The predicted molar refractivity (Wildman–Crippen MR) is 120 cm³/mol. The van der Waals surface area contributed by atoms with Gasteiger partial charge in [-0.2, -0.15) is 0 Å². The molecule has 0 bridgehead atoms. The van der Waals surface area contributed by atoms with Crippen molar-refractivity contribution in [3.8, 4) is 0 Å². The predicted octanol–water partition coefficient (Wildman–Crippen LogP) is 3.57. The molecule has 0 radical (unpaired) electrons. The average molecular weight is 443 g/mol. The Kier molecular flexibility index (Phi) is 6.74. The Bertz CT molecular complexity index is 1030. The zero-order valence-corrected chi connectivity index (χ0v) is 19.0. The molecule has 0 unspecified atom stereocenters. The number of thiocarbonyl (C=S) groups is 1. The van der Waals surface area contributed by atoms with Crippen LogP contribution in [0.4, 0.5) is 5.82 Å². The first-order valence-corrected chi connectivity index (χ1v) is 10.3. The van der Waals surface area contributed by atoms with E-state index in [-0.39, 0.29) is 5.91 Å². The summed E-state index contributed by atoms with van der Waals surface area (Å²) in [6.45, 7) is 8.49. The van der Waals surface area contributed by atoms with Gasteiger partial charge in [0, 0.05) is 18.3 Å². The van der Waals surface area contributed by atoms with E-state index in [0.717, 1.165) is 11.3 Å². The zero-order chi connectivity index (χ0) is 22.7. The van der Waals surface area contributed by atoms with Crippen LogP contribution in [0.5, 0.6) is 0 Å². The van der Waals surface area contributed by atoms with Crippen LogP contribution in [-0.4, -0.2) is 40.7 Å². The van der Waals surface area contributed by atoms with Crippen LogP contribution in [0, 0.1) is 12.8 Å². The van der Waals surface area contributed by atoms with Crippen molar-refractivity contribution in [2.24, 2.45) is 5.92 Å². The van der Waals surface area contributed by atoms with Crippen molar-refractivity contribution in [3.63, 3.8) is 0 Å². The van der Waals surface area contributed by atoms with Gasteiger partial charge >= 0.3 is 5.97 Å². The summed E-state index contributed by atoms with van der Waals surface area (Å²) in [5.41, 5.74) is 2.49. The number of amides is 1. The molecule has 0 fully saturated rings. The van der Waals surface area contributed by atoms with Crippen LogP contribution >= 0.6 is 12.2 Å². The highest BCUT2D eigenvalue weighted by Crippen LogP contribution is 2.32. The number of nitrogens with one attached hydrogen (secondary N) is 2. The van der Waals surface area contributed by atoms with Crippen molar-refractivity contribution in [1.82, 2.24) is 15.4 Å². The summed E-state index contributed by atoms with van der Waals surface area (Å²) in [6, 6.07) is 8.06. The largest absolute Gasteiger partial charge is 0.465 e. The first kappa shape index (κ1) is 22.5. The van der Waals surface area contributed by atoms with Crippen LogP contribution in [-0.2, 0) is 9.53 Å². The fourth-order valence-electron chi connectivity index (χ4n) is 3.45. The number of carbonyl (C=O) groups excluding carboxylic acids is 2. The number of nitrogens with zero attached hydrogens (tertiary/aromatic N) is 2. The van der Waals surface area contributed by atoms with E-state index < -0.39 is 12.0 Å². The highest BCUT2D eigenvalue weighted by molar-refractivity contribution is 7.80. The molecule has 3 rings (SSSR count). The lowest BCUT2D eigenvalue weighted by molar-refractivity contribution is -0.113. The number of methoxy groups -OCH3 is 1. The van der Waals surface area contributed by atoms with E-state index in [1.807, 2.05) is 11.8 Å². The first-order chi connectivity index (χ1) is 14.7. The van der Waals surface area contributed by atoms with Gasteiger partial charge < -0.3 is 24.8 Å². The lowest BCUT2D eigenvalue weighted by Gasteiger charge is -2.38. The van der Waals surface area contributed by atoms with Gasteiger partial charge in [-0.1, -0.05) is 31.1 Å². The minimum atomic E-state index is -0.490. The molecule has 31 heavy (non-hydrogen) atoms. The summed E-state index contributed by atoms with van der Waals surface area (Å²) in [5, 5.41) is 10.5. The zero-order valence-electron chi connectivity index (χ0n) is 18.2. The average Bonchev–Trinajstić information content (AvgIpc) is 3.14. The summed E-state index contributed by atoms with van der Waals surface area (Å²) >= 11 is 5.61. The van der Waals surface area contributed by atoms with Gasteiger partial charge in [0.1, 0.15) is 5.76 Å². The van der Waals surface area contributed by atoms with E-state index in [0.29, 0.717) is 40.3 Å². The third-order valence-corrected chi connectivity index (χ3v) is 5.26. The molecule has 9 heteroatoms. The number of aryl methyl sites for hydroxylation is 1. The third kappa shape index (κ3) is 4.93. The number of hydrogen-bond acceptors (Lipinski definition) is 6. The molecule has 0 saturated carbocycles. The number of allylic oxidation sites excluding steroid dienone is 1. The fraction of sp³-hybridized carbons (Fsp3) is 0.364. The van der Waals surface area contributed by atoms with Crippen molar-refractivity contribution in [3.05, 3.63) is 58.5 Å². The molecule has 1 aromatic carbocycles. The summed E-state index contributed by atoms with van der Waals surface area (Å²) in [4.78, 5) is 27.0. The van der Waals surface area contributed by atoms with Gasteiger partial charge in [0.05, 0.1) is 24.3 Å². The Hall–Kier alpha value is -3.20. The second-order valence-corrected chi connectivity index (χ2v) is 8.16. The molecule has 1 amide bonds. The number of hydrogen-bond donors (Lipinski definition) is 2. The normalized spacial score (nSPS) is 16.4. The van der Waals surface area contributed by atoms with Crippen molar-refractivity contribution < 1.29 is 18.8 Å². The maximum atomic E-state index is 13.3. The summed E-state index contributed by atoms with van der Waals surface area (Å²) < 4.78 is 9.82. The lowest BCUT2D eigenvalue weighted by Crippen LogP contribution is -2.49. The van der Waals surface area contributed by atoms with E-state index in [1.165, 1.54) is 7.11 Å². The van der Waals surface area contributed by atoms with Crippen LogP contribution in [0.3, 0.4) is 0 Å². The summed E-state index contributed by atoms with van der Waals surface area (Å²) in [5.74, 6) is 0.545. The van der Waals surface area contributed by atoms with Crippen molar-refractivity contribution in [2.75, 3.05) is 19.0 Å². The van der Waals surface area contributed by atoms with Crippen LogP contribution in [0.2, 0.25) is 0 Å². The third-order valence-electron chi connectivity index (χ3n) is 4.92. The number of anilines is 1. The summed E-state index contributed by atoms with van der Waals surface area (Å²) in [7, 11) is 1.33. The topological polar surface area (TPSA) is 96.7 Å². The molecular weight excluding hydrogens is 416 g/mol. The minimum absolute atomic E-state index is 0.309. The van der Waals surface area contributed by atoms with Gasteiger partial charge in [-0.25, -0.2) is 4.79 Å². The monoisotopic (exact) mass is 442 g/mol. The molecule has 164 valence electrons. The van der Waals surface area contributed by atoms with Gasteiger partial charge in [0.25, 0.3) is 5.91 Å². The van der Waals surface area contributed by atoms with E-state index in [4.69, 9.17) is 21.5 Å². The molecule has 0 saturated heterocycles. The van der Waals surface area contributed by atoms with Gasteiger partial charge in [-0.15, -0.1) is 0 Å². The molecule has 2 N–H and O–H groups in total. The van der Waals surface area contributed by atoms with Gasteiger partial charge in [0.2, 0.25) is 0 Å². The number of ether oxygens (including phenoxy) is 1. The molecule has 2 aromatic rings. The van der Waals surface area contributed by atoms with Crippen molar-refractivity contribution >= 4 is 35.0 Å². The fourth-order valence-corrected chi connectivity index (χ4v) is 3.78. The maximum Gasteiger partial charge on any atom is 0.337 e. The number of carbonyl (C=O) groups is 2. The molecule has 1 atom stereocenters. The number of rotatable bonds is 6. The number of aromatic nitrogens is 1. The van der Waals surface area contributed by atoms with Crippen molar-refractivity contribution in [2.45, 2.75) is 33.7 Å². The second kappa shape index (κ2) is 9.30. The van der Waals surface area contributed by atoms with Crippen LogP contribution in [0.1, 0.15) is 48.5 Å². The quantitative estimate of drug-likeness (QED) is 0.518. The number of esters is 1. The molecule has 1 aliphatic heterocycles. The Morgan fingerprint density at radius 2 is 1.97 bits per heavy atom. The van der Waals surface area contributed by atoms with E-state index in [1.54, 1.807) is 37.3 Å². The van der Waals surface area contributed by atoms with E-state index in [2.05, 4.69) is 29.6 Å². The smallest absolute Gasteiger partial charge is 0.337 e. The van der Waals surface area contributed by atoms with Gasteiger partial charge in [-0.05, 0) is 49.7 Å². The standard InChI is InChI=1S/C22H26N4O4S/c1-12(2)11-26-14(4)18(20(27)23-17-10-13(3)30-25-17)19(24-22(26)31)15-6-8-16(9-7-15)21(28)29-5/h6-10,12,19H,11H2,1-5H3,(H,24,31)(H,23,25,27)/t19-/m1/s1. The van der Waals surface area contributed by atoms with E-state index in [9.17, 15) is 9.59 Å².